The summed E-state index contributed by atoms with van der Waals surface area (Å²) in [4.78, 5) is 23.4. The first-order valence-corrected chi connectivity index (χ1v) is 7.14. The van der Waals surface area contributed by atoms with E-state index in [1.165, 1.54) is 7.11 Å². The van der Waals surface area contributed by atoms with Crippen molar-refractivity contribution in [2.45, 2.75) is 6.42 Å². The highest BCUT2D eigenvalue weighted by molar-refractivity contribution is 5.95. The second-order valence-electron chi connectivity index (χ2n) is 4.88. The number of rotatable bonds is 6. The van der Waals surface area contributed by atoms with Gasteiger partial charge in [0.05, 0.1) is 25.8 Å². The summed E-state index contributed by atoms with van der Waals surface area (Å²) in [5.74, 6) is 0.0161. The fourth-order valence-electron chi connectivity index (χ4n) is 2.06. The standard InChI is InChI=1S/C17H19N3O3/c1-23-15-10-13(19-17(22)11-18)7-8-14(15)20-16(21)9-12-5-3-2-4-6-12/h2-8,10H,9,11,18H2,1H3,(H,19,22)(H,20,21). The average Bonchev–Trinajstić information content (AvgIpc) is 2.56. The van der Waals surface area contributed by atoms with Gasteiger partial charge in [-0.15, -0.1) is 0 Å². The Labute approximate surface area is 134 Å². The van der Waals surface area contributed by atoms with E-state index in [1.807, 2.05) is 30.3 Å². The quantitative estimate of drug-likeness (QED) is 0.757. The molecule has 23 heavy (non-hydrogen) atoms. The number of nitrogens with one attached hydrogen (secondary N) is 2. The van der Waals surface area contributed by atoms with Crippen LogP contribution in [0.1, 0.15) is 5.56 Å². The first kappa shape index (κ1) is 16.5. The minimum absolute atomic E-state index is 0.0993. The second-order valence-corrected chi connectivity index (χ2v) is 4.88. The lowest BCUT2D eigenvalue weighted by Gasteiger charge is -2.12. The summed E-state index contributed by atoms with van der Waals surface area (Å²) >= 11 is 0. The predicted molar refractivity (Wildman–Crippen MR) is 89.5 cm³/mol. The maximum Gasteiger partial charge on any atom is 0.238 e. The molecule has 2 aromatic carbocycles. The van der Waals surface area contributed by atoms with E-state index in [4.69, 9.17) is 10.5 Å². The van der Waals surface area contributed by atoms with Gasteiger partial charge in [0, 0.05) is 11.8 Å². The van der Waals surface area contributed by atoms with Crippen LogP contribution >= 0.6 is 0 Å². The molecular weight excluding hydrogens is 294 g/mol. The van der Waals surface area contributed by atoms with Crippen molar-refractivity contribution < 1.29 is 14.3 Å². The fraction of sp³-hybridized carbons (Fsp3) is 0.176. The molecule has 6 heteroatoms. The van der Waals surface area contributed by atoms with Gasteiger partial charge in [-0.25, -0.2) is 0 Å². The molecular formula is C17H19N3O3. The Morgan fingerprint density at radius 3 is 2.43 bits per heavy atom. The van der Waals surface area contributed by atoms with Gasteiger partial charge in [-0.2, -0.15) is 0 Å². The predicted octanol–water partition coefficient (Wildman–Crippen LogP) is 1.77. The molecule has 2 rings (SSSR count). The van der Waals surface area contributed by atoms with E-state index in [-0.39, 0.29) is 24.8 Å². The Kier molecular flexibility index (Phi) is 5.71. The number of anilines is 2. The van der Waals surface area contributed by atoms with E-state index in [1.54, 1.807) is 18.2 Å². The summed E-state index contributed by atoms with van der Waals surface area (Å²) in [6.45, 7) is -0.0993. The van der Waals surface area contributed by atoms with Crippen LogP contribution in [0.25, 0.3) is 0 Å². The highest BCUT2D eigenvalue weighted by Gasteiger charge is 2.10. The molecule has 0 atom stereocenters. The van der Waals surface area contributed by atoms with Gasteiger partial charge in [-0.05, 0) is 17.7 Å². The third-order valence-corrected chi connectivity index (χ3v) is 3.15. The Morgan fingerprint density at radius 2 is 1.78 bits per heavy atom. The monoisotopic (exact) mass is 313 g/mol. The summed E-state index contributed by atoms with van der Waals surface area (Å²) in [6, 6.07) is 14.4. The molecule has 0 heterocycles. The third-order valence-electron chi connectivity index (χ3n) is 3.15. The summed E-state index contributed by atoms with van der Waals surface area (Å²) < 4.78 is 5.26. The molecule has 0 aromatic heterocycles. The Hall–Kier alpha value is -2.86. The molecule has 0 aliphatic heterocycles. The lowest BCUT2D eigenvalue weighted by Crippen LogP contribution is -2.22. The van der Waals surface area contributed by atoms with E-state index in [2.05, 4.69) is 10.6 Å². The normalized spacial score (nSPS) is 10.0. The van der Waals surface area contributed by atoms with Crippen molar-refractivity contribution in [2.24, 2.45) is 5.73 Å². The molecule has 0 saturated heterocycles. The van der Waals surface area contributed by atoms with Crippen LogP contribution in [-0.4, -0.2) is 25.5 Å². The molecule has 0 aliphatic rings. The lowest BCUT2D eigenvalue weighted by atomic mass is 10.1. The molecule has 0 unspecified atom stereocenters. The summed E-state index contributed by atoms with van der Waals surface area (Å²) in [5.41, 5.74) is 7.28. The zero-order valence-corrected chi connectivity index (χ0v) is 12.8. The molecule has 0 aliphatic carbocycles. The Bertz CT molecular complexity index is 687. The molecule has 4 N–H and O–H groups in total. The van der Waals surface area contributed by atoms with E-state index in [0.717, 1.165) is 5.56 Å². The molecule has 0 bridgehead atoms. The second kappa shape index (κ2) is 7.95. The minimum Gasteiger partial charge on any atom is -0.494 e. The topological polar surface area (TPSA) is 93.4 Å². The largest absolute Gasteiger partial charge is 0.494 e. The fourth-order valence-corrected chi connectivity index (χ4v) is 2.06. The van der Waals surface area contributed by atoms with Crippen molar-refractivity contribution in [1.29, 1.82) is 0 Å². The number of ether oxygens (including phenoxy) is 1. The number of methoxy groups -OCH3 is 1. The minimum atomic E-state index is -0.298. The zero-order chi connectivity index (χ0) is 16.7. The van der Waals surface area contributed by atoms with Crippen molar-refractivity contribution in [2.75, 3.05) is 24.3 Å². The van der Waals surface area contributed by atoms with E-state index >= 15 is 0 Å². The van der Waals surface area contributed by atoms with E-state index in [0.29, 0.717) is 17.1 Å². The molecule has 0 fully saturated rings. The van der Waals surface area contributed by atoms with Crippen LogP contribution in [0.4, 0.5) is 11.4 Å². The van der Waals surface area contributed by atoms with E-state index < -0.39 is 0 Å². The Balaban J connectivity index is 2.07. The van der Waals surface area contributed by atoms with Crippen molar-refractivity contribution in [3.05, 3.63) is 54.1 Å². The van der Waals surface area contributed by atoms with Crippen LogP contribution in [0.3, 0.4) is 0 Å². The van der Waals surface area contributed by atoms with Crippen LogP contribution < -0.4 is 21.1 Å². The SMILES string of the molecule is COc1cc(NC(=O)CN)ccc1NC(=O)Cc1ccccc1. The lowest BCUT2D eigenvalue weighted by molar-refractivity contribution is -0.116. The van der Waals surface area contributed by atoms with Gasteiger partial charge < -0.3 is 21.1 Å². The molecule has 2 amide bonds. The number of nitrogens with two attached hydrogens (primary N) is 1. The van der Waals surface area contributed by atoms with Crippen molar-refractivity contribution in [3.63, 3.8) is 0 Å². The van der Waals surface area contributed by atoms with Crippen molar-refractivity contribution in [1.82, 2.24) is 0 Å². The maximum atomic E-state index is 12.1. The number of carbonyl (C=O) groups is 2. The molecule has 6 nitrogen and oxygen atoms in total. The smallest absolute Gasteiger partial charge is 0.238 e. The number of hydrogen-bond donors (Lipinski definition) is 3. The molecule has 120 valence electrons. The average molecular weight is 313 g/mol. The van der Waals surface area contributed by atoms with Gasteiger partial charge in [0.15, 0.2) is 0 Å². The number of carbonyl (C=O) groups excluding carboxylic acids is 2. The van der Waals surface area contributed by atoms with Gasteiger partial charge in [0.25, 0.3) is 0 Å². The Morgan fingerprint density at radius 1 is 1.04 bits per heavy atom. The number of hydrogen-bond acceptors (Lipinski definition) is 4. The summed E-state index contributed by atoms with van der Waals surface area (Å²) in [7, 11) is 1.50. The maximum absolute atomic E-state index is 12.1. The van der Waals surface area contributed by atoms with Crippen LogP contribution in [0, 0.1) is 0 Å². The first-order chi connectivity index (χ1) is 11.1. The highest BCUT2D eigenvalue weighted by Crippen LogP contribution is 2.28. The van der Waals surface area contributed by atoms with Gasteiger partial charge in [-0.3, -0.25) is 9.59 Å². The van der Waals surface area contributed by atoms with Gasteiger partial charge >= 0.3 is 0 Å². The van der Waals surface area contributed by atoms with Crippen LogP contribution in [-0.2, 0) is 16.0 Å². The number of benzene rings is 2. The van der Waals surface area contributed by atoms with Gasteiger partial charge in [0.2, 0.25) is 11.8 Å². The third kappa shape index (κ3) is 4.82. The van der Waals surface area contributed by atoms with E-state index in [9.17, 15) is 9.59 Å². The van der Waals surface area contributed by atoms with Crippen LogP contribution in [0.2, 0.25) is 0 Å². The molecule has 2 aromatic rings. The zero-order valence-electron chi connectivity index (χ0n) is 12.8. The summed E-state index contributed by atoms with van der Waals surface area (Å²) in [5, 5.41) is 5.43. The molecule has 0 saturated carbocycles. The van der Waals surface area contributed by atoms with Crippen LogP contribution in [0.5, 0.6) is 5.75 Å². The summed E-state index contributed by atoms with van der Waals surface area (Å²) in [6.07, 6.45) is 0.273. The van der Waals surface area contributed by atoms with Crippen LogP contribution in [0.15, 0.2) is 48.5 Å². The van der Waals surface area contributed by atoms with Crippen molar-refractivity contribution >= 4 is 23.2 Å². The molecule has 0 radical (unpaired) electrons. The first-order valence-electron chi connectivity index (χ1n) is 7.14. The highest BCUT2D eigenvalue weighted by atomic mass is 16.5. The van der Waals surface area contributed by atoms with Gasteiger partial charge in [0.1, 0.15) is 5.75 Å². The number of amides is 2. The van der Waals surface area contributed by atoms with Crippen molar-refractivity contribution in [3.8, 4) is 5.75 Å². The van der Waals surface area contributed by atoms with Gasteiger partial charge in [-0.1, -0.05) is 30.3 Å². The molecule has 0 spiro atoms.